The molecule has 0 bridgehead atoms. The van der Waals surface area contributed by atoms with Crippen LogP contribution in [0.15, 0.2) is 18.2 Å². The number of benzene rings is 1. The summed E-state index contributed by atoms with van der Waals surface area (Å²) in [4.78, 5) is 11.0. The average molecular weight is 234 g/mol. The second-order valence-corrected chi connectivity index (χ2v) is 5.88. The Balaban J connectivity index is 2.41. The van der Waals surface area contributed by atoms with Crippen molar-refractivity contribution in [2.75, 3.05) is 0 Å². The number of carbonyl (C=O) groups is 1. The van der Waals surface area contributed by atoms with Crippen molar-refractivity contribution in [3.8, 4) is 0 Å². The van der Waals surface area contributed by atoms with Gasteiger partial charge in [0, 0.05) is 0 Å². The lowest BCUT2D eigenvalue weighted by Crippen LogP contribution is -2.31. The third kappa shape index (κ3) is 2.07. The van der Waals surface area contributed by atoms with E-state index in [4.69, 9.17) is 5.11 Å². The number of aliphatic hydroxyl groups is 1. The van der Waals surface area contributed by atoms with Crippen LogP contribution in [0.3, 0.4) is 0 Å². The van der Waals surface area contributed by atoms with Gasteiger partial charge in [0.05, 0.1) is 0 Å². The molecule has 2 rings (SSSR count). The number of carboxylic acids is 1. The molecule has 0 fully saturated rings. The quantitative estimate of drug-likeness (QED) is 0.824. The zero-order valence-corrected chi connectivity index (χ0v) is 10.4. The zero-order valence-electron chi connectivity index (χ0n) is 10.4. The molecule has 1 aromatic carbocycles. The maximum atomic E-state index is 11.0. The standard InChI is InChI=1S/C14H18O3/c1-13(2)7-9-4-5-11(6-10(9)8-13)14(3,17)12(15)16/h4-6,17H,7-8H2,1-3H3,(H,15,16). The Kier molecular flexibility index (Phi) is 2.54. The fourth-order valence-corrected chi connectivity index (χ4v) is 2.48. The maximum absolute atomic E-state index is 11.0. The van der Waals surface area contributed by atoms with E-state index in [1.54, 1.807) is 6.07 Å². The van der Waals surface area contributed by atoms with Crippen molar-refractivity contribution in [3.05, 3.63) is 34.9 Å². The van der Waals surface area contributed by atoms with Crippen molar-refractivity contribution in [3.63, 3.8) is 0 Å². The van der Waals surface area contributed by atoms with E-state index in [9.17, 15) is 9.90 Å². The minimum atomic E-state index is -1.80. The third-order valence-corrected chi connectivity index (χ3v) is 3.52. The minimum absolute atomic E-state index is 0.232. The van der Waals surface area contributed by atoms with E-state index in [2.05, 4.69) is 13.8 Å². The van der Waals surface area contributed by atoms with Gasteiger partial charge in [-0.25, -0.2) is 4.79 Å². The number of rotatable bonds is 2. The largest absolute Gasteiger partial charge is 0.479 e. The molecule has 17 heavy (non-hydrogen) atoms. The highest BCUT2D eigenvalue weighted by atomic mass is 16.4. The number of hydrogen-bond donors (Lipinski definition) is 2. The van der Waals surface area contributed by atoms with E-state index in [0.29, 0.717) is 5.56 Å². The molecule has 0 saturated heterocycles. The van der Waals surface area contributed by atoms with Gasteiger partial charge in [-0.3, -0.25) is 0 Å². The highest BCUT2D eigenvalue weighted by molar-refractivity contribution is 5.78. The molecule has 1 atom stereocenters. The van der Waals surface area contributed by atoms with Crippen LogP contribution in [0.25, 0.3) is 0 Å². The van der Waals surface area contributed by atoms with Gasteiger partial charge in [-0.2, -0.15) is 0 Å². The molecule has 3 nitrogen and oxygen atoms in total. The van der Waals surface area contributed by atoms with Crippen molar-refractivity contribution < 1.29 is 15.0 Å². The molecule has 3 heteroatoms. The summed E-state index contributed by atoms with van der Waals surface area (Å²) in [6.07, 6.45) is 1.95. The van der Waals surface area contributed by atoms with Gasteiger partial charge in [0.1, 0.15) is 0 Å². The van der Waals surface area contributed by atoms with E-state index in [-0.39, 0.29) is 5.41 Å². The lowest BCUT2D eigenvalue weighted by atomic mass is 9.90. The van der Waals surface area contributed by atoms with Gasteiger partial charge in [0.25, 0.3) is 0 Å². The van der Waals surface area contributed by atoms with E-state index in [1.807, 2.05) is 12.1 Å². The predicted octanol–water partition coefficient (Wildman–Crippen LogP) is 2.10. The van der Waals surface area contributed by atoms with Crippen LogP contribution in [-0.4, -0.2) is 16.2 Å². The Labute approximate surface area is 101 Å². The summed E-state index contributed by atoms with van der Waals surface area (Å²) in [6.45, 7) is 5.71. The van der Waals surface area contributed by atoms with Crippen LogP contribution >= 0.6 is 0 Å². The van der Waals surface area contributed by atoms with Crippen LogP contribution in [0, 0.1) is 5.41 Å². The number of carboxylic acid groups (broad SMARTS) is 1. The van der Waals surface area contributed by atoms with Crippen LogP contribution in [0.2, 0.25) is 0 Å². The molecule has 0 spiro atoms. The average Bonchev–Trinajstić information content (AvgIpc) is 2.49. The predicted molar refractivity (Wildman–Crippen MR) is 64.8 cm³/mol. The summed E-state index contributed by atoms with van der Waals surface area (Å²) in [5.41, 5.74) is 1.31. The van der Waals surface area contributed by atoms with Gasteiger partial charge < -0.3 is 10.2 Å². The third-order valence-electron chi connectivity index (χ3n) is 3.52. The molecule has 0 aliphatic heterocycles. The van der Waals surface area contributed by atoms with Crippen molar-refractivity contribution in [1.82, 2.24) is 0 Å². The first-order valence-electron chi connectivity index (χ1n) is 5.80. The second-order valence-electron chi connectivity index (χ2n) is 5.88. The van der Waals surface area contributed by atoms with Gasteiger partial charge >= 0.3 is 5.97 Å². The first kappa shape index (κ1) is 12.1. The normalized spacial score (nSPS) is 20.7. The summed E-state index contributed by atoms with van der Waals surface area (Å²) >= 11 is 0. The topological polar surface area (TPSA) is 57.5 Å². The molecular formula is C14H18O3. The van der Waals surface area contributed by atoms with Crippen LogP contribution in [0.5, 0.6) is 0 Å². The van der Waals surface area contributed by atoms with E-state index in [1.165, 1.54) is 12.5 Å². The summed E-state index contributed by atoms with van der Waals surface area (Å²) in [6, 6.07) is 5.49. The fraction of sp³-hybridized carbons (Fsp3) is 0.500. The molecule has 92 valence electrons. The fourth-order valence-electron chi connectivity index (χ4n) is 2.48. The van der Waals surface area contributed by atoms with Crippen LogP contribution in [0.4, 0.5) is 0 Å². The monoisotopic (exact) mass is 234 g/mol. The Hall–Kier alpha value is -1.35. The van der Waals surface area contributed by atoms with Crippen LogP contribution in [0.1, 0.15) is 37.5 Å². The summed E-state index contributed by atoms with van der Waals surface area (Å²) in [7, 11) is 0. The minimum Gasteiger partial charge on any atom is -0.479 e. The molecule has 1 aromatic rings. The highest BCUT2D eigenvalue weighted by Gasteiger charge is 2.35. The highest BCUT2D eigenvalue weighted by Crippen LogP contribution is 2.37. The van der Waals surface area contributed by atoms with Crippen molar-refractivity contribution in [2.45, 2.75) is 39.2 Å². The van der Waals surface area contributed by atoms with Crippen LogP contribution in [-0.2, 0) is 23.2 Å². The van der Waals surface area contributed by atoms with Gasteiger partial charge in [-0.1, -0.05) is 32.0 Å². The maximum Gasteiger partial charge on any atom is 0.340 e. The molecule has 0 amide bonds. The van der Waals surface area contributed by atoms with Gasteiger partial charge in [0.15, 0.2) is 5.60 Å². The Morgan fingerprint density at radius 3 is 2.47 bits per heavy atom. The molecule has 2 N–H and O–H groups in total. The molecule has 0 aromatic heterocycles. The Morgan fingerprint density at radius 1 is 1.29 bits per heavy atom. The first-order valence-corrected chi connectivity index (χ1v) is 5.80. The number of fused-ring (bicyclic) bond motifs is 1. The Bertz CT molecular complexity index is 472. The molecule has 1 aliphatic rings. The smallest absolute Gasteiger partial charge is 0.340 e. The SMILES string of the molecule is CC1(C)Cc2ccc(C(C)(O)C(=O)O)cc2C1. The zero-order chi connectivity index (χ0) is 12.8. The number of hydrogen-bond acceptors (Lipinski definition) is 2. The first-order chi connectivity index (χ1) is 7.72. The summed E-state index contributed by atoms with van der Waals surface area (Å²) in [5.74, 6) is -1.21. The Morgan fingerprint density at radius 2 is 1.88 bits per heavy atom. The summed E-state index contributed by atoms with van der Waals surface area (Å²) < 4.78 is 0. The van der Waals surface area contributed by atoms with E-state index < -0.39 is 11.6 Å². The van der Waals surface area contributed by atoms with E-state index in [0.717, 1.165) is 18.4 Å². The molecule has 1 aliphatic carbocycles. The lowest BCUT2D eigenvalue weighted by molar-refractivity contribution is -0.157. The van der Waals surface area contributed by atoms with Crippen molar-refractivity contribution >= 4 is 5.97 Å². The second kappa shape index (κ2) is 3.57. The van der Waals surface area contributed by atoms with Crippen molar-refractivity contribution in [2.24, 2.45) is 5.41 Å². The lowest BCUT2D eigenvalue weighted by Gasteiger charge is -2.19. The molecule has 0 saturated carbocycles. The molecule has 0 heterocycles. The summed E-state index contributed by atoms with van der Waals surface area (Å²) in [5, 5.41) is 18.9. The van der Waals surface area contributed by atoms with Crippen molar-refractivity contribution in [1.29, 1.82) is 0 Å². The molecular weight excluding hydrogens is 216 g/mol. The van der Waals surface area contributed by atoms with Gasteiger partial charge in [-0.15, -0.1) is 0 Å². The molecule has 0 radical (unpaired) electrons. The van der Waals surface area contributed by atoms with Gasteiger partial charge in [-0.05, 0) is 41.9 Å². The molecule has 1 unspecified atom stereocenters. The number of aliphatic carboxylic acids is 1. The van der Waals surface area contributed by atoms with Crippen LogP contribution < -0.4 is 0 Å². The van der Waals surface area contributed by atoms with Gasteiger partial charge in [0.2, 0.25) is 0 Å². The van der Waals surface area contributed by atoms with E-state index >= 15 is 0 Å².